The highest BCUT2D eigenvalue weighted by atomic mass is 32.1. The van der Waals surface area contributed by atoms with Crippen LogP contribution in [-0.2, 0) is 4.79 Å². The molecule has 0 aromatic carbocycles. The number of halogens is 2. The first-order valence-electron chi connectivity index (χ1n) is 4.80. The molecule has 2 nitrogen and oxygen atoms in total. The first-order chi connectivity index (χ1) is 6.43. The third-order valence-corrected chi connectivity index (χ3v) is 2.69. The lowest BCUT2D eigenvalue weighted by molar-refractivity contribution is -0.127. The molecule has 1 rings (SSSR count). The van der Waals surface area contributed by atoms with E-state index in [1.165, 1.54) is 0 Å². The maximum absolute atomic E-state index is 13.3. The van der Waals surface area contributed by atoms with Crippen molar-refractivity contribution in [1.82, 2.24) is 5.32 Å². The predicted molar refractivity (Wildman–Crippen MR) is 53.8 cm³/mol. The van der Waals surface area contributed by atoms with Crippen LogP contribution in [0.25, 0.3) is 0 Å². The number of hydrogen-bond donors (Lipinski definition) is 2. The van der Waals surface area contributed by atoms with Gasteiger partial charge in [0.25, 0.3) is 5.92 Å². The molecule has 1 aliphatic carbocycles. The van der Waals surface area contributed by atoms with Crippen LogP contribution in [0.2, 0.25) is 0 Å². The van der Waals surface area contributed by atoms with Crippen LogP contribution < -0.4 is 5.32 Å². The second-order valence-electron chi connectivity index (χ2n) is 3.74. The highest BCUT2D eigenvalue weighted by Crippen LogP contribution is 2.33. The number of nitrogens with one attached hydrogen (secondary N) is 1. The van der Waals surface area contributed by atoms with Gasteiger partial charge in [-0.05, 0) is 19.8 Å². The molecule has 0 spiro atoms. The summed E-state index contributed by atoms with van der Waals surface area (Å²) in [4.78, 5) is 11.2. The summed E-state index contributed by atoms with van der Waals surface area (Å²) in [5, 5.41) is 1.81. The molecule has 0 aromatic heterocycles. The monoisotopic (exact) mass is 223 g/mol. The molecule has 0 bridgehead atoms. The molecular weight excluding hydrogens is 208 g/mol. The van der Waals surface area contributed by atoms with Crippen molar-refractivity contribution in [2.45, 2.75) is 49.8 Å². The Morgan fingerprint density at radius 3 is 2.71 bits per heavy atom. The number of rotatable bonds is 2. The molecule has 2 unspecified atom stereocenters. The fourth-order valence-corrected chi connectivity index (χ4v) is 1.64. The molecule has 0 aliphatic heterocycles. The molecule has 1 fully saturated rings. The Bertz CT molecular complexity index is 221. The second-order valence-corrected chi connectivity index (χ2v) is 4.52. The van der Waals surface area contributed by atoms with Crippen molar-refractivity contribution >= 4 is 18.5 Å². The molecule has 0 aromatic rings. The van der Waals surface area contributed by atoms with Gasteiger partial charge in [-0.25, -0.2) is 8.78 Å². The summed E-state index contributed by atoms with van der Waals surface area (Å²) in [5.74, 6) is -3.17. The number of carbonyl (C=O) groups excluding carboxylic acids is 1. The zero-order valence-corrected chi connectivity index (χ0v) is 8.99. The average molecular weight is 223 g/mol. The van der Waals surface area contributed by atoms with Crippen molar-refractivity contribution in [3.8, 4) is 0 Å². The van der Waals surface area contributed by atoms with E-state index in [1.807, 2.05) is 0 Å². The summed E-state index contributed by atoms with van der Waals surface area (Å²) in [7, 11) is 0. The normalized spacial score (nSPS) is 28.1. The number of thiol groups is 1. The van der Waals surface area contributed by atoms with Crippen LogP contribution in [-0.4, -0.2) is 23.1 Å². The van der Waals surface area contributed by atoms with Crippen molar-refractivity contribution in [3.63, 3.8) is 0 Å². The van der Waals surface area contributed by atoms with Crippen molar-refractivity contribution in [1.29, 1.82) is 0 Å². The molecule has 14 heavy (non-hydrogen) atoms. The van der Waals surface area contributed by atoms with Crippen LogP contribution in [0.3, 0.4) is 0 Å². The molecular formula is C9H15F2NOS. The fraction of sp³-hybridized carbons (Fsp3) is 0.889. The van der Waals surface area contributed by atoms with Gasteiger partial charge in [0.1, 0.15) is 0 Å². The van der Waals surface area contributed by atoms with Crippen LogP contribution in [0.15, 0.2) is 0 Å². The maximum Gasteiger partial charge on any atom is 0.267 e. The Labute approximate surface area is 87.9 Å². The first-order valence-corrected chi connectivity index (χ1v) is 5.31. The quantitative estimate of drug-likeness (QED) is 0.689. The zero-order chi connectivity index (χ0) is 10.8. The summed E-state index contributed by atoms with van der Waals surface area (Å²) in [6.07, 6.45) is 1.52. The lowest BCUT2D eigenvalue weighted by atomic mass is 9.91. The molecule has 2 atom stereocenters. The molecule has 1 aliphatic rings. The van der Waals surface area contributed by atoms with E-state index in [2.05, 4.69) is 17.9 Å². The number of hydrogen-bond acceptors (Lipinski definition) is 2. The van der Waals surface area contributed by atoms with Crippen LogP contribution in [0, 0.1) is 0 Å². The van der Waals surface area contributed by atoms with Gasteiger partial charge in [-0.15, -0.1) is 0 Å². The molecule has 0 heterocycles. The molecule has 5 heteroatoms. The van der Waals surface area contributed by atoms with E-state index in [0.717, 1.165) is 6.42 Å². The Morgan fingerprint density at radius 2 is 2.21 bits per heavy atom. The van der Waals surface area contributed by atoms with E-state index in [-0.39, 0.29) is 6.42 Å². The highest BCUT2D eigenvalue weighted by molar-refractivity contribution is 7.81. The zero-order valence-electron chi connectivity index (χ0n) is 8.09. The van der Waals surface area contributed by atoms with Crippen LogP contribution >= 0.6 is 12.6 Å². The van der Waals surface area contributed by atoms with Crippen LogP contribution in [0.5, 0.6) is 0 Å². The predicted octanol–water partition coefficient (Wildman–Crippen LogP) is 2.00. The van der Waals surface area contributed by atoms with Gasteiger partial charge in [-0.3, -0.25) is 4.79 Å². The highest BCUT2D eigenvalue weighted by Gasteiger charge is 2.42. The molecule has 1 N–H and O–H groups in total. The molecule has 1 saturated carbocycles. The third kappa shape index (κ3) is 2.83. The van der Waals surface area contributed by atoms with Crippen molar-refractivity contribution in [2.24, 2.45) is 0 Å². The second kappa shape index (κ2) is 4.47. The Balaban J connectivity index is 2.54. The van der Waals surface area contributed by atoms with E-state index < -0.39 is 23.1 Å². The summed E-state index contributed by atoms with van der Waals surface area (Å²) < 4.78 is 26.5. The minimum absolute atomic E-state index is 0.126. The van der Waals surface area contributed by atoms with Gasteiger partial charge in [0.2, 0.25) is 5.91 Å². The fourth-order valence-electron chi connectivity index (χ4n) is 1.56. The molecule has 0 radical (unpaired) electrons. The standard InChI is InChI=1S/C9H15F2NOS/c1-6(14)8(13)12-7-4-2-3-5-9(7,10)11/h6-7,14H,2-5H2,1H3,(H,12,13). The van der Waals surface area contributed by atoms with Crippen LogP contribution in [0.4, 0.5) is 8.78 Å². The Kier molecular flexibility index (Phi) is 3.75. The summed E-state index contributed by atoms with van der Waals surface area (Å²) in [6.45, 7) is 1.57. The Hall–Kier alpha value is -0.320. The maximum atomic E-state index is 13.3. The first kappa shape index (κ1) is 11.8. The minimum atomic E-state index is -2.75. The van der Waals surface area contributed by atoms with Gasteiger partial charge >= 0.3 is 0 Å². The van der Waals surface area contributed by atoms with Gasteiger partial charge in [0, 0.05) is 6.42 Å². The molecule has 0 saturated heterocycles. The average Bonchev–Trinajstić information content (AvgIpc) is 2.08. The number of amides is 1. The van der Waals surface area contributed by atoms with E-state index in [0.29, 0.717) is 12.8 Å². The van der Waals surface area contributed by atoms with E-state index in [1.54, 1.807) is 6.92 Å². The van der Waals surface area contributed by atoms with E-state index in [4.69, 9.17) is 0 Å². The summed E-state index contributed by atoms with van der Waals surface area (Å²) in [6, 6.07) is -1.00. The number of carbonyl (C=O) groups is 1. The van der Waals surface area contributed by atoms with Gasteiger partial charge in [0.05, 0.1) is 11.3 Å². The van der Waals surface area contributed by atoms with Crippen LogP contribution in [0.1, 0.15) is 32.6 Å². The SMILES string of the molecule is CC(S)C(=O)NC1CCCCC1(F)F. The summed E-state index contributed by atoms with van der Waals surface area (Å²) >= 11 is 3.89. The summed E-state index contributed by atoms with van der Waals surface area (Å²) in [5.41, 5.74) is 0. The van der Waals surface area contributed by atoms with Crippen molar-refractivity contribution < 1.29 is 13.6 Å². The van der Waals surface area contributed by atoms with Gasteiger partial charge < -0.3 is 5.32 Å². The third-order valence-electron chi connectivity index (χ3n) is 2.46. The van der Waals surface area contributed by atoms with Gasteiger partial charge in [-0.2, -0.15) is 12.6 Å². The molecule has 82 valence electrons. The molecule has 1 amide bonds. The largest absolute Gasteiger partial charge is 0.346 e. The lowest BCUT2D eigenvalue weighted by Crippen LogP contribution is -2.51. The van der Waals surface area contributed by atoms with E-state index in [9.17, 15) is 13.6 Å². The topological polar surface area (TPSA) is 29.1 Å². The Morgan fingerprint density at radius 1 is 1.57 bits per heavy atom. The van der Waals surface area contributed by atoms with E-state index >= 15 is 0 Å². The number of alkyl halides is 2. The van der Waals surface area contributed by atoms with Gasteiger partial charge in [0.15, 0.2) is 0 Å². The minimum Gasteiger partial charge on any atom is -0.346 e. The smallest absolute Gasteiger partial charge is 0.267 e. The lowest BCUT2D eigenvalue weighted by Gasteiger charge is -2.32. The van der Waals surface area contributed by atoms with Gasteiger partial charge in [-0.1, -0.05) is 6.42 Å². The van der Waals surface area contributed by atoms with Crippen molar-refractivity contribution in [3.05, 3.63) is 0 Å². The van der Waals surface area contributed by atoms with Crippen molar-refractivity contribution in [2.75, 3.05) is 0 Å².